The molecular formula is C13H26N2O3. The van der Waals surface area contributed by atoms with Gasteiger partial charge in [0.05, 0.1) is 12.1 Å². The number of β-amino-alcohol motifs (C(OH)–C–C–N with tert-alkyl or cyclic N) is 1. The Morgan fingerprint density at radius 1 is 1.28 bits per heavy atom. The van der Waals surface area contributed by atoms with Crippen LogP contribution in [-0.4, -0.2) is 58.9 Å². The molecule has 0 aromatic heterocycles. The van der Waals surface area contributed by atoms with Crippen LogP contribution in [0.2, 0.25) is 0 Å². The van der Waals surface area contributed by atoms with Crippen molar-refractivity contribution in [1.82, 2.24) is 10.2 Å². The Morgan fingerprint density at radius 3 is 2.61 bits per heavy atom. The molecule has 106 valence electrons. The lowest BCUT2D eigenvalue weighted by molar-refractivity contribution is -0.123. The number of carbonyl (C=O) groups excluding carboxylic acids is 1. The predicted molar refractivity (Wildman–Crippen MR) is 70.2 cm³/mol. The van der Waals surface area contributed by atoms with E-state index in [4.69, 9.17) is 0 Å². The average molecular weight is 258 g/mol. The lowest BCUT2D eigenvalue weighted by Crippen LogP contribution is -2.61. The fourth-order valence-electron chi connectivity index (χ4n) is 2.44. The minimum atomic E-state index is -0.860. The number of rotatable bonds is 6. The summed E-state index contributed by atoms with van der Waals surface area (Å²) < 4.78 is 0. The first kappa shape index (κ1) is 15.4. The van der Waals surface area contributed by atoms with Crippen molar-refractivity contribution in [2.24, 2.45) is 0 Å². The fourth-order valence-corrected chi connectivity index (χ4v) is 2.44. The third kappa shape index (κ3) is 4.92. The Bertz CT molecular complexity index is 261. The van der Waals surface area contributed by atoms with Crippen LogP contribution in [0, 0.1) is 0 Å². The van der Waals surface area contributed by atoms with Crippen molar-refractivity contribution in [3.05, 3.63) is 0 Å². The Morgan fingerprint density at radius 2 is 2.00 bits per heavy atom. The normalized spacial score (nSPS) is 29.2. The highest BCUT2D eigenvalue weighted by molar-refractivity contribution is 5.73. The van der Waals surface area contributed by atoms with E-state index in [9.17, 15) is 15.0 Å². The van der Waals surface area contributed by atoms with Crippen molar-refractivity contribution < 1.29 is 15.0 Å². The van der Waals surface area contributed by atoms with E-state index < -0.39 is 12.2 Å². The standard InChI is InChI=1S/C13H26N2O3/c1-3-4-5-6-7-15-8-11(14-10(2)16)13(18)12(17)9-15/h11-13,17-18H,3-9H2,1-2H3,(H,14,16). The summed E-state index contributed by atoms with van der Waals surface area (Å²) in [5.41, 5.74) is 0. The van der Waals surface area contributed by atoms with Crippen molar-refractivity contribution >= 4 is 5.91 Å². The van der Waals surface area contributed by atoms with E-state index in [2.05, 4.69) is 17.1 Å². The quantitative estimate of drug-likeness (QED) is 0.591. The molecule has 0 aromatic carbocycles. The number of amides is 1. The Kier molecular flexibility index (Phi) is 6.60. The van der Waals surface area contributed by atoms with Crippen LogP contribution in [0.1, 0.15) is 39.5 Å². The molecule has 5 heteroatoms. The summed E-state index contributed by atoms with van der Waals surface area (Å²) >= 11 is 0. The molecule has 3 atom stereocenters. The lowest BCUT2D eigenvalue weighted by Gasteiger charge is -2.39. The van der Waals surface area contributed by atoms with Gasteiger partial charge in [-0.1, -0.05) is 26.2 Å². The second-order valence-electron chi connectivity index (χ2n) is 5.19. The topological polar surface area (TPSA) is 72.8 Å². The second-order valence-corrected chi connectivity index (χ2v) is 5.19. The van der Waals surface area contributed by atoms with Gasteiger partial charge in [0, 0.05) is 20.0 Å². The number of aliphatic hydroxyl groups is 2. The zero-order chi connectivity index (χ0) is 13.5. The fraction of sp³-hybridized carbons (Fsp3) is 0.923. The molecule has 1 amide bonds. The smallest absolute Gasteiger partial charge is 0.217 e. The van der Waals surface area contributed by atoms with Gasteiger partial charge in [0.15, 0.2) is 0 Å². The number of hydrogen-bond acceptors (Lipinski definition) is 4. The summed E-state index contributed by atoms with van der Waals surface area (Å²) in [6, 6.07) is -0.363. The SMILES string of the molecule is CCCCCCN1CC(O)C(O)C(NC(C)=O)C1. The van der Waals surface area contributed by atoms with Crippen LogP contribution in [0.5, 0.6) is 0 Å². The largest absolute Gasteiger partial charge is 0.389 e. The van der Waals surface area contributed by atoms with Crippen molar-refractivity contribution in [1.29, 1.82) is 0 Å². The van der Waals surface area contributed by atoms with Gasteiger partial charge >= 0.3 is 0 Å². The molecule has 1 fully saturated rings. The number of nitrogens with zero attached hydrogens (tertiary/aromatic N) is 1. The summed E-state index contributed by atoms with van der Waals surface area (Å²) in [6.07, 6.45) is 3.09. The zero-order valence-electron chi connectivity index (χ0n) is 11.4. The van der Waals surface area contributed by atoms with Crippen LogP contribution in [-0.2, 0) is 4.79 Å². The van der Waals surface area contributed by atoms with E-state index in [1.807, 2.05) is 0 Å². The van der Waals surface area contributed by atoms with Crippen LogP contribution in [0.25, 0.3) is 0 Å². The van der Waals surface area contributed by atoms with Gasteiger partial charge in [-0.15, -0.1) is 0 Å². The minimum Gasteiger partial charge on any atom is -0.389 e. The first-order valence-corrected chi connectivity index (χ1v) is 6.90. The maximum atomic E-state index is 11.0. The average Bonchev–Trinajstić information content (AvgIpc) is 2.30. The summed E-state index contributed by atoms with van der Waals surface area (Å²) in [4.78, 5) is 13.2. The molecule has 1 aliphatic rings. The first-order valence-electron chi connectivity index (χ1n) is 6.90. The molecule has 0 aliphatic carbocycles. The molecule has 3 unspecified atom stereocenters. The van der Waals surface area contributed by atoms with Crippen molar-refractivity contribution in [3.8, 4) is 0 Å². The molecular weight excluding hydrogens is 232 g/mol. The van der Waals surface area contributed by atoms with Gasteiger partial charge in [-0.25, -0.2) is 0 Å². The predicted octanol–water partition coefficient (Wildman–Crippen LogP) is 0.109. The molecule has 18 heavy (non-hydrogen) atoms. The van der Waals surface area contributed by atoms with Crippen LogP contribution in [0.3, 0.4) is 0 Å². The van der Waals surface area contributed by atoms with Gasteiger partial charge in [-0.3, -0.25) is 9.69 Å². The molecule has 0 saturated carbocycles. The molecule has 0 radical (unpaired) electrons. The highest BCUT2D eigenvalue weighted by atomic mass is 16.3. The van der Waals surface area contributed by atoms with Crippen molar-refractivity contribution in [2.75, 3.05) is 19.6 Å². The van der Waals surface area contributed by atoms with Gasteiger partial charge < -0.3 is 15.5 Å². The number of nitrogens with one attached hydrogen (secondary N) is 1. The van der Waals surface area contributed by atoms with E-state index >= 15 is 0 Å². The summed E-state index contributed by atoms with van der Waals surface area (Å²) in [5, 5.41) is 22.3. The Hall–Kier alpha value is -0.650. The maximum Gasteiger partial charge on any atom is 0.217 e. The summed E-state index contributed by atoms with van der Waals surface area (Å²) in [7, 11) is 0. The van der Waals surface area contributed by atoms with Crippen molar-refractivity contribution in [2.45, 2.75) is 57.8 Å². The molecule has 0 spiro atoms. The zero-order valence-corrected chi connectivity index (χ0v) is 11.4. The maximum absolute atomic E-state index is 11.0. The van der Waals surface area contributed by atoms with Gasteiger partial charge in [0.1, 0.15) is 6.10 Å². The third-order valence-corrected chi connectivity index (χ3v) is 3.42. The molecule has 3 N–H and O–H groups in total. The molecule has 1 saturated heterocycles. The van der Waals surface area contributed by atoms with E-state index in [0.29, 0.717) is 13.1 Å². The summed E-state index contributed by atoms with van der Waals surface area (Å²) in [6.45, 7) is 5.63. The molecule has 1 heterocycles. The van der Waals surface area contributed by atoms with Gasteiger partial charge in [-0.05, 0) is 13.0 Å². The molecule has 1 aliphatic heterocycles. The van der Waals surface area contributed by atoms with Crippen LogP contribution < -0.4 is 5.32 Å². The molecule has 5 nitrogen and oxygen atoms in total. The lowest BCUT2D eigenvalue weighted by atomic mass is 9.99. The van der Waals surface area contributed by atoms with Crippen LogP contribution in [0.15, 0.2) is 0 Å². The molecule has 0 bridgehead atoms. The molecule has 0 aromatic rings. The third-order valence-electron chi connectivity index (χ3n) is 3.42. The van der Waals surface area contributed by atoms with Gasteiger partial charge in [0.25, 0.3) is 0 Å². The van der Waals surface area contributed by atoms with Crippen LogP contribution in [0.4, 0.5) is 0 Å². The number of piperidine rings is 1. The Balaban J connectivity index is 2.38. The van der Waals surface area contributed by atoms with E-state index in [-0.39, 0.29) is 11.9 Å². The number of carbonyl (C=O) groups is 1. The molecule has 1 rings (SSSR count). The second kappa shape index (κ2) is 7.71. The van der Waals surface area contributed by atoms with E-state index in [1.165, 1.54) is 26.2 Å². The van der Waals surface area contributed by atoms with Crippen molar-refractivity contribution in [3.63, 3.8) is 0 Å². The van der Waals surface area contributed by atoms with Gasteiger partial charge in [-0.2, -0.15) is 0 Å². The van der Waals surface area contributed by atoms with E-state index in [1.54, 1.807) is 0 Å². The monoisotopic (exact) mass is 258 g/mol. The van der Waals surface area contributed by atoms with Crippen LogP contribution >= 0.6 is 0 Å². The first-order chi connectivity index (χ1) is 8.54. The number of hydrogen-bond donors (Lipinski definition) is 3. The number of likely N-dealkylation sites (tertiary alicyclic amines) is 1. The summed E-state index contributed by atoms with van der Waals surface area (Å²) in [5.74, 6) is -0.168. The number of aliphatic hydroxyl groups excluding tert-OH is 2. The Labute approximate surface area is 109 Å². The highest BCUT2D eigenvalue weighted by Gasteiger charge is 2.34. The highest BCUT2D eigenvalue weighted by Crippen LogP contribution is 2.13. The van der Waals surface area contributed by atoms with E-state index in [0.717, 1.165) is 13.0 Å². The number of unbranched alkanes of at least 4 members (excludes halogenated alkanes) is 3. The van der Waals surface area contributed by atoms with Gasteiger partial charge in [0.2, 0.25) is 5.91 Å². The minimum absolute atomic E-state index is 0.168.